The molecule has 0 aliphatic heterocycles. The third-order valence-electron chi connectivity index (χ3n) is 2.69. The number of nitrogens with zero attached hydrogens (tertiary/aromatic N) is 2. The number of halogens is 1. The van der Waals surface area contributed by atoms with E-state index in [-0.39, 0.29) is 11.2 Å². The number of carbonyl (C=O) groups is 1. The van der Waals surface area contributed by atoms with Crippen LogP contribution in [0.15, 0.2) is 47.6 Å². The highest BCUT2D eigenvalue weighted by Gasteiger charge is 2.17. The molecule has 1 aromatic carbocycles. The zero-order valence-corrected chi connectivity index (χ0v) is 12.8. The Kier molecular flexibility index (Phi) is 5.20. The van der Waals surface area contributed by atoms with E-state index in [4.69, 9.17) is 16.9 Å². The van der Waals surface area contributed by atoms with Gasteiger partial charge < -0.3 is 5.32 Å². The molecule has 1 heterocycles. The number of hydrogen-bond acceptors (Lipinski definition) is 4. The van der Waals surface area contributed by atoms with Crippen LogP contribution < -0.4 is 5.32 Å². The van der Waals surface area contributed by atoms with Gasteiger partial charge in [-0.2, -0.15) is 5.26 Å². The van der Waals surface area contributed by atoms with Gasteiger partial charge in [-0.3, -0.25) is 4.79 Å². The second-order valence-electron chi connectivity index (χ2n) is 4.20. The average molecular weight is 318 g/mol. The molecule has 2 aromatic rings. The third kappa shape index (κ3) is 3.97. The molecule has 1 aromatic heterocycles. The van der Waals surface area contributed by atoms with Crippen LogP contribution in [-0.2, 0) is 4.79 Å². The van der Waals surface area contributed by atoms with Crippen LogP contribution in [-0.4, -0.2) is 16.1 Å². The molecule has 0 aliphatic carbocycles. The predicted octanol–water partition coefficient (Wildman–Crippen LogP) is 3.73. The lowest BCUT2D eigenvalue weighted by molar-refractivity contribution is -0.115. The lowest BCUT2D eigenvalue weighted by Gasteiger charge is -2.12. The van der Waals surface area contributed by atoms with Gasteiger partial charge in [0.05, 0.1) is 21.5 Å². The van der Waals surface area contributed by atoms with Crippen molar-refractivity contribution in [1.82, 2.24) is 4.98 Å². The van der Waals surface area contributed by atoms with Crippen LogP contribution in [0.3, 0.4) is 0 Å². The summed E-state index contributed by atoms with van der Waals surface area (Å²) in [7, 11) is 0. The minimum absolute atomic E-state index is 0.204. The summed E-state index contributed by atoms with van der Waals surface area (Å²) in [6, 6.07) is 12.4. The van der Waals surface area contributed by atoms with Crippen molar-refractivity contribution in [3.63, 3.8) is 0 Å². The molecule has 1 amide bonds. The molecule has 0 unspecified atom stereocenters. The van der Waals surface area contributed by atoms with E-state index in [1.54, 1.807) is 49.5 Å². The maximum absolute atomic E-state index is 12.2. The molecule has 6 heteroatoms. The standard InChI is InChI=1S/C15H12ClN3OS/c1-10(21-15-12(16)6-4-8-18-15)14(20)19-13-7-3-2-5-11(13)9-17/h2-8,10H,1H3,(H,19,20)/t10-/m1/s1. The van der Waals surface area contributed by atoms with E-state index < -0.39 is 0 Å². The number of nitrogens with one attached hydrogen (secondary N) is 1. The van der Waals surface area contributed by atoms with Crippen molar-refractivity contribution in [3.05, 3.63) is 53.2 Å². The fourth-order valence-corrected chi connectivity index (χ4v) is 2.66. The van der Waals surface area contributed by atoms with E-state index in [0.29, 0.717) is 21.3 Å². The molecular weight excluding hydrogens is 306 g/mol. The lowest BCUT2D eigenvalue weighted by Crippen LogP contribution is -2.23. The van der Waals surface area contributed by atoms with Crippen LogP contribution in [0.4, 0.5) is 5.69 Å². The molecule has 21 heavy (non-hydrogen) atoms. The molecule has 1 atom stereocenters. The fraction of sp³-hybridized carbons (Fsp3) is 0.133. The van der Waals surface area contributed by atoms with Crippen molar-refractivity contribution in [3.8, 4) is 6.07 Å². The number of rotatable bonds is 4. The topological polar surface area (TPSA) is 65.8 Å². The molecule has 0 spiro atoms. The summed E-state index contributed by atoms with van der Waals surface area (Å²) in [5.41, 5.74) is 0.934. The van der Waals surface area contributed by atoms with E-state index in [1.807, 2.05) is 6.07 Å². The number of hydrogen-bond donors (Lipinski definition) is 1. The van der Waals surface area contributed by atoms with Crippen LogP contribution in [0.2, 0.25) is 5.02 Å². The van der Waals surface area contributed by atoms with Crippen LogP contribution >= 0.6 is 23.4 Å². The Morgan fingerprint density at radius 2 is 2.14 bits per heavy atom. The zero-order valence-electron chi connectivity index (χ0n) is 11.2. The fourth-order valence-electron chi connectivity index (χ4n) is 1.60. The maximum atomic E-state index is 12.2. The first-order valence-electron chi connectivity index (χ1n) is 6.19. The summed E-state index contributed by atoms with van der Waals surface area (Å²) >= 11 is 7.30. The van der Waals surface area contributed by atoms with Gasteiger partial charge in [-0.15, -0.1) is 0 Å². The van der Waals surface area contributed by atoms with Gasteiger partial charge in [0.25, 0.3) is 0 Å². The Morgan fingerprint density at radius 1 is 1.38 bits per heavy atom. The molecule has 1 N–H and O–H groups in total. The first-order valence-corrected chi connectivity index (χ1v) is 7.44. The van der Waals surface area contributed by atoms with E-state index >= 15 is 0 Å². The van der Waals surface area contributed by atoms with Gasteiger partial charge in [-0.1, -0.05) is 35.5 Å². The number of aromatic nitrogens is 1. The number of para-hydroxylation sites is 1. The van der Waals surface area contributed by atoms with Gasteiger partial charge in [-0.05, 0) is 31.2 Å². The molecule has 2 rings (SSSR count). The number of anilines is 1. The second-order valence-corrected chi connectivity index (χ2v) is 5.93. The SMILES string of the molecule is C[C@@H](Sc1ncccc1Cl)C(=O)Nc1ccccc1C#N. The Labute approximate surface area is 132 Å². The predicted molar refractivity (Wildman–Crippen MR) is 84.4 cm³/mol. The molecule has 0 bridgehead atoms. The quantitative estimate of drug-likeness (QED) is 0.873. The van der Waals surface area contributed by atoms with E-state index in [1.165, 1.54) is 11.8 Å². The second kappa shape index (κ2) is 7.11. The average Bonchev–Trinajstić information content (AvgIpc) is 2.50. The molecule has 0 saturated carbocycles. The highest BCUT2D eigenvalue weighted by molar-refractivity contribution is 8.00. The van der Waals surface area contributed by atoms with Crippen LogP contribution in [0.25, 0.3) is 0 Å². The molecule has 0 fully saturated rings. The molecule has 0 radical (unpaired) electrons. The summed E-state index contributed by atoms with van der Waals surface area (Å²) in [5.74, 6) is -0.204. The number of benzene rings is 1. The molecule has 0 aliphatic rings. The van der Waals surface area contributed by atoms with Gasteiger partial charge >= 0.3 is 0 Å². The Hall–Kier alpha value is -2.03. The summed E-state index contributed by atoms with van der Waals surface area (Å²) < 4.78 is 0. The minimum atomic E-state index is -0.385. The van der Waals surface area contributed by atoms with Crippen LogP contribution in [0.5, 0.6) is 0 Å². The van der Waals surface area contributed by atoms with E-state index in [2.05, 4.69) is 10.3 Å². The summed E-state index contributed by atoms with van der Waals surface area (Å²) in [6.07, 6.45) is 1.63. The molecule has 4 nitrogen and oxygen atoms in total. The van der Waals surface area contributed by atoms with E-state index in [0.717, 1.165) is 0 Å². The van der Waals surface area contributed by atoms with Gasteiger partial charge in [0.2, 0.25) is 5.91 Å². The lowest BCUT2D eigenvalue weighted by atomic mass is 10.2. The normalized spacial score (nSPS) is 11.5. The van der Waals surface area contributed by atoms with Crippen LogP contribution in [0.1, 0.15) is 12.5 Å². The number of thioether (sulfide) groups is 1. The molecule has 0 saturated heterocycles. The third-order valence-corrected chi connectivity index (χ3v) is 4.22. The Bertz CT molecular complexity index is 699. The molecule has 106 valence electrons. The van der Waals surface area contributed by atoms with Gasteiger partial charge in [0, 0.05) is 6.20 Å². The highest BCUT2D eigenvalue weighted by Crippen LogP contribution is 2.28. The van der Waals surface area contributed by atoms with Crippen molar-refractivity contribution in [1.29, 1.82) is 5.26 Å². The first kappa shape index (κ1) is 15.4. The summed E-state index contributed by atoms with van der Waals surface area (Å²) in [5, 5.41) is 12.5. The molecular formula is C15H12ClN3OS. The minimum Gasteiger partial charge on any atom is -0.324 e. The number of nitriles is 1. The largest absolute Gasteiger partial charge is 0.324 e. The van der Waals surface area contributed by atoms with Gasteiger partial charge in [-0.25, -0.2) is 4.98 Å². The Balaban J connectivity index is 2.07. The first-order chi connectivity index (χ1) is 10.1. The van der Waals surface area contributed by atoms with Crippen LogP contribution in [0, 0.1) is 11.3 Å². The maximum Gasteiger partial charge on any atom is 0.237 e. The van der Waals surface area contributed by atoms with E-state index in [9.17, 15) is 4.79 Å². The zero-order chi connectivity index (χ0) is 15.2. The van der Waals surface area contributed by atoms with Crippen molar-refractivity contribution in [2.75, 3.05) is 5.32 Å². The van der Waals surface area contributed by atoms with Gasteiger partial charge in [0.1, 0.15) is 11.1 Å². The monoisotopic (exact) mass is 317 g/mol. The van der Waals surface area contributed by atoms with Crippen molar-refractivity contribution >= 4 is 35.0 Å². The Morgan fingerprint density at radius 3 is 2.86 bits per heavy atom. The summed E-state index contributed by atoms with van der Waals surface area (Å²) in [6.45, 7) is 1.76. The number of carbonyl (C=O) groups excluding carboxylic acids is 1. The summed E-state index contributed by atoms with van der Waals surface area (Å²) in [4.78, 5) is 16.3. The van der Waals surface area contributed by atoms with Gasteiger partial charge in [0.15, 0.2) is 0 Å². The highest BCUT2D eigenvalue weighted by atomic mass is 35.5. The van der Waals surface area contributed by atoms with Crippen molar-refractivity contribution < 1.29 is 4.79 Å². The van der Waals surface area contributed by atoms with Crippen molar-refractivity contribution in [2.24, 2.45) is 0 Å². The van der Waals surface area contributed by atoms with Crippen molar-refractivity contribution in [2.45, 2.75) is 17.2 Å². The number of amides is 1. The smallest absolute Gasteiger partial charge is 0.237 e. The number of pyridine rings is 1.